The molecule has 34 heavy (non-hydrogen) atoms. The van der Waals surface area contributed by atoms with Gasteiger partial charge in [0.15, 0.2) is 17.5 Å². The first-order valence-corrected chi connectivity index (χ1v) is 10.4. The van der Waals surface area contributed by atoms with E-state index in [-0.39, 0.29) is 45.0 Å². The molecule has 1 fully saturated rings. The Morgan fingerprint density at radius 3 is 2.62 bits per heavy atom. The molecule has 1 aliphatic heterocycles. The molecule has 4 rings (SSSR count). The summed E-state index contributed by atoms with van der Waals surface area (Å²) >= 11 is 0.900. The van der Waals surface area contributed by atoms with Crippen LogP contribution >= 0.6 is 0 Å². The number of amides is 1. The first kappa shape index (κ1) is 27.4. The average Bonchev–Trinajstić information content (AvgIpc) is 3.24. The number of piperidine rings is 1. The zero-order valence-electron chi connectivity index (χ0n) is 17.9. The van der Waals surface area contributed by atoms with E-state index in [4.69, 9.17) is 3.50 Å². The second-order valence-electron chi connectivity index (χ2n) is 7.17. The van der Waals surface area contributed by atoms with Crippen molar-refractivity contribution in [2.24, 2.45) is 0 Å². The zero-order valence-corrected chi connectivity index (χ0v) is 19.8. The molecule has 0 aromatic carbocycles. The zero-order chi connectivity index (χ0) is 24.1. The molecule has 0 aliphatic carbocycles. The van der Waals surface area contributed by atoms with E-state index in [1.807, 2.05) is 5.32 Å². The molecule has 0 atom stereocenters. The minimum absolute atomic E-state index is 0. The summed E-state index contributed by atoms with van der Waals surface area (Å²) in [5.41, 5.74) is -0.307. The van der Waals surface area contributed by atoms with Gasteiger partial charge in [0.2, 0.25) is 5.91 Å². The molecule has 1 saturated heterocycles. The summed E-state index contributed by atoms with van der Waals surface area (Å²) < 4.78 is 60.5. The van der Waals surface area contributed by atoms with Gasteiger partial charge >= 0.3 is 28.5 Å². The number of nitrogens with zero attached hydrogens (tertiary/aromatic N) is 4. The van der Waals surface area contributed by atoms with E-state index >= 15 is 0 Å². The first-order chi connectivity index (χ1) is 15.8. The molecule has 4 heterocycles. The van der Waals surface area contributed by atoms with Crippen molar-refractivity contribution >= 4 is 22.8 Å². The van der Waals surface area contributed by atoms with Crippen LogP contribution in [0.3, 0.4) is 0 Å². The third-order valence-electron chi connectivity index (χ3n) is 5.07. The maximum atomic E-state index is 14.5. The molecule has 0 bridgehead atoms. The van der Waals surface area contributed by atoms with E-state index in [1.54, 1.807) is 24.5 Å². The molecule has 9 nitrogen and oxygen atoms in total. The van der Waals surface area contributed by atoms with Crippen LogP contribution in [0.4, 0.5) is 23.4 Å². The number of carbonyl (C=O) groups is 1. The van der Waals surface area contributed by atoms with Gasteiger partial charge in [0.1, 0.15) is 17.7 Å². The fourth-order valence-electron chi connectivity index (χ4n) is 3.49. The fraction of sp³-hybridized carbons (Fsp3) is 0.350. The average molecular weight is 565 g/mol. The van der Waals surface area contributed by atoms with Crippen molar-refractivity contribution < 1.29 is 44.7 Å². The van der Waals surface area contributed by atoms with Crippen molar-refractivity contribution in [3.05, 3.63) is 49.3 Å². The Hall–Kier alpha value is -2.83. The van der Waals surface area contributed by atoms with E-state index in [2.05, 4.69) is 30.6 Å². The fourth-order valence-corrected chi connectivity index (χ4v) is 3.49. The molecule has 14 heteroatoms. The van der Waals surface area contributed by atoms with Crippen LogP contribution in [0.15, 0.2) is 30.7 Å². The number of anilines is 1. The standard InChI is InChI=1S/C19H18F4N7O.CH3.O.Tc/c20-13-9-27-15(12-8-26-14-11(12)2-1-5-25-14)29-16(13)30-18(3-6-24-7-4-18)17(31)28-10-19(21,22)23;;;/h1-2,5,8-9H,3-4,6-7,10H2,(H,25,26)(H,28,31)(H,27,29,30);1H3;;/q2*-1;;+2. The molecule has 183 valence electrons. The summed E-state index contributed by atoms with van der Waals surface area (Å²) in [6.45, 7) is -0.980. The number of aromatic nitrogens is 4. The number of pyridine rings is 1. The monoisotopic (exact) mass is 564 g/mol. The summed E-state index contributed by atoms with van der Waals surface area (Å²) in [5, 5.41) is 9.51. The number of nitrogens with one attached hydrogen (secondary N) is 3. The van der Waals surface area contributed by atoms with Gasteiger partial charge in [-0.05, 0) is 25.0 Å². The number of aromatic amines is 1. The molecular weight excluding hydrogens is 544 g/mol. The molecular formula is C20H21F4N7O2Tc. The minimum atomic E-state index is -4.56. The third kappa shape index (κ3) is 6.19. The Morgan fingerprint density at radius 1 is 1.24 bits per heavy atom. The van der Waals surface area contributed by atoms with Crippen LogP contribution in [0, 0.1) is 13.2 Å². The van der Waals surface area contributed by atoms with Gasteiger partial charge in [-0.2, -0.15) is 13.2 Å². The Balaban J connectivity index is 0.00000133. The molecule has 3 aromatic heterocycles. The Kier molecular flexibility index (Phi) is 9.30. The summed E-state index contributed by atoms with van der Waals surface area (Å²) in [7, 11) is 0. The van der Waals surface area contributed by atoms with Crippen molar-refractivity contribution in [2.75, 3.05) is 25.0 Å². The van der Waals surface area contributed by atoms with Crippen molar-refractivity contribution in [2.45, 2.75) is 24.6 Å². The van der Waals surface area contributed by atoms with Crippen LogP contribution in [-0.4, -0.2) is 57.2 Å². The Bertz CT molecular complexity index is 1120. The number of alkyl halides is 3. The quantitative estimate of drug-likeness (QED) is 0.321. The number of hydrogen-bond donors (Lipinski definition) is 3. The van der Waals surface area contributed by atoms with Crippen LogP contribution in [0.25, 0.3) is 27.7 Å². The van der Waals surface area contributed by atoms with E-state index < -0.39 is 30.0 Å². The second-order valence-corrected chi connectivity index (χ2v) is 7.17. The van der Waals surface area contributed by atoms with Gasteiger partial charge in [-0.1, -0.05) is 0 Å². The van der Waals surface area contributed by atoms with Gasteiger partial charge in [-0.25, -0.2) is 19.3 Å². The molecule has 3 aromatic rings. The van der Waals surface area contributed by atoms with Gasteiger partial charge in [0.05, 0.1) is 6.20 Å². The summed E-state index contributed by atoms with van der Waals surface area (Å²) in [6.07, 6.45) is -0.168. The SMILES string of the molecule is O=C(NCC(F)(F)F)C1(Nc2nc(-c3c[nH]c4ncccc34)ncc2F)CC[N-]CC1.[CH3-].[O]=[Tc+2]. The van der Waals surface area contributed by atoms with E-state index in [0.717, 1.165) is 25.1 Å². The number of rotatable bonds is 5. The number of carbonyl (C=O) groups excluding carboxylic acids is 1. The van der Waals surface area contributed by atoms with Gasteiger partial charge in [0, 0.05) is 23.3 Å². The number of H-pyrrole nitrogens is 1. The van der Waals surface area contributed by atoms with Crippen molar-refractivity contribution in [1.29, 1.82) is 0 Å². The molecule has 3 N–H and O–H groups in total. The van der Waals surface area contributed by atoms with Crippen LogP contribution < -0.4 is 10.6 Å². The predicted molar refractivity (Wildman–Crippen MR) is 112 cm³/mol. The van der Waals surface area contributed by atoms with E-state index in [9.17, 15) is 22.4 Å². The molecule has 0 saturated carbocycles. The number of halogens is 4. The molecule has 0 radical (unpaired) electrons. The molecule has 0 unspecified atom stereocenters. The molecule has 1 aliphatic rings. The number of hydrogen-bond acceptors (Lipinski definition) is 6. The summed E-state index contributed by atoms with van der Waals surface area (Å²) in [5.74, 6) is -1.80. The normalized spacial score (nSPS) is 14.9. The Morgan fingerprint density at radius 2 is 1.94 bits per heavy atom. The first-order valence-electron chi connectivity index (χ1n) is 9.64. The van der Waals surface area contributed by atoms with Gasteiger partial charge in [-0.15, -0.1) is 13.1 Å². The second kappa shape index (κ2) is 11.5. The molecule has 1 amide bonds. The predicted octanol–water partition coefficient (Wildman–Crippen LogP) is 3.48. The van der Waals surface area contributed by atoms with Crippen molar-refractivity contribution in [3.8, 4) is 11.4 Å². The van der Waals surface area contributed by atoms with Crippen molar-refractivity contribution in [3.63, 3.8) is 0 Å². The summed E-state index contributed by atoms with van der Waals surface area (Å²) in [6, 6.07) is 3.52. The topological polar surface area (TPSA) is 127 Å². The van der Waals surface area contributed by atoms with E-state index in [0.29, 0.717) is 16.6 Å². The van der Waals surface area contributed by atoms with E-state index in [1.165, 1.54) is 0 Å². The van der Waals surface area contributed by atoms with Crippen LogP contribution in [0.2, 0.25) is 0 Å². The van der Waals surface area contributed by atoms with Crippen LogP contribution in [0.1, 0.15) is 12.8 Å². The van der Waals surface area contributed by atoms with Crippen LogP contribution in [0.5, 0.6) is 0 Å². The van der Waals surface area contributed by atoms with Crippen LogP contribution in [-0.2, 0) is 27.2 Å². The van der Waals surface area contributed by atoms with Gasteiger partial charge in [0.25, 0.3) is 0 Å². The molecule has 0 spiro atoms. The van der Waals surface area contributed by atoms with Gasteiger partial charge in [-0.3, -0.25) is 4.79 Å². The van der Waals surface area contributed by atoms with Gasteiger partial charge < -0.3 is 28.4 Å². The van der Waals surface area contributed by atoms with Crippen molar-refractivity contribution in [1.82, 2.24) is 25.3 Å². The Labute approximate surface area is 203 Å². The number of fused-ring (bicyclic) bond motifs is 1. The summed E-state index contributed by atoms with van der Waals surface area (Å²) in [4.78, 5) is 28.1. The third-order valence-corrected chi connectivity index (χ3v) is 5.07. The maximum absolute atomic E-state index is 14.5.